The van der Waals surface area contributed by atoms with Crippen molar-refractivity contribution >= 4 is 0 Å². The van der Waals surface area contributed by atoms with Crippen molar-refractivity contribution in [3.8, 4) is 0 Å². The first-order valence-corrected chi connectivity index (χ1v) is 3.27. The highest BCUT2D eigenvalue weighted by atomic mass is 16.5. The lowest BCUT2D eigenvalue weighted by Crippen LogP contribution is -2.43. The van der Waals surface area contributed by atoms with E-state index in [0.29, 0.717) is 6.04 Å². The Morgan fingerprint density at radius 3 is 3.00 bits per heavy atom. The van der Waals surface area contributed by atoms with E-state index in [1.54, 1.807) is 0 Å². The molecule has 0 aromatic rings. The molecule has 1 heterocycles. The van der Waals surface area contributed by atoms with Crippen LogP contribution in [0.4, 0.5) is 0 Å². The maximum absolute atomic E-state index is 8.73. The van der Waals surface area contributed by atoms with Crippen LogP contribution in [0.3, 0.4) is 0 Å². The van der Waals surface area contributed by atoms with E-state index in [-0.39, 0.29) is 6.73 Å². The lowest BCUT2D eigenvalue weighted by Gasteiger charge is -2.30. The SMILES string of the molecule is CC1COCCN1CO. The fourth-order valence-corrected chi connectivity index (χ4v) is 0.972. The summed E-state index contributed by atoms with van der Waals surface area (Å²) >= 11 is 0. The number of aliphatic hydroxyl groups is 1. The van der Waals surface area contributed by atoms with E-state index in [4.69, 9.17) is 9.84 Å². The summed E-state index contributed by atoms with van der Waals surface area (Å²) in [7, 11) is 0. The average Bonchev–Trinajstić information content (AvgIpc) is 1.89. The molecule has 1 N–H and O–H groups in total. The standard InChI is InChI=1S/C6H13NO2/c1-6-4-9-3-2-7(6)5-8/h6,8H,2-5H2,1H3. The van der Waals surface area contributed by atoms with Crippen LogP contribution in [0.1, 0.15) is 6.92 Å². The van der Waals surface area contributed by atoms with Gasteiger partial charge in [0.05, 0.1) is 19.9 Å². The molecule has 1 fully saturated rings. The zero-order valence-electron chi connectivity index (χ0n) is 5.71. The Kier molecular flexibility index (Phi) is 2.45. The summed E-state index contributed by atoms with van der Waals surface area (Å²) in [6, 6.07) is 0.378. The fraction of sp³-hybridized carbons (Fsp3) is 1.00. The molecule has 0 saturated carbocycles. The second kappa shape index (κ2) is 3.15. The van der Waals surface area contributed by atoms with Gasteiger partial charge in [-0.2, -0.15) is 0 Å². The lowest BCUT2D eigenvalue weighted by molar-refractivity contribution is -0.0385. The Hall–Kier alpha value is -0.120. The first-order chi connectivity index (χ1) is 4.34. The highest BCUT2D eigenvalue weighted by molar-refractivity contribution is 4.67. The Morgan fingerprint density at radius 2 is 2.56 bits per heavy atom. The van der Waals surface area contributed by atoms with E-state index in [1.807, 2.05) is 4.90 Å². The number of hydrogen-bond acceptors (Lipinski definition) is 3. The molecule has 0 spiro atoms. The van der Waals surface area contributed by atoms with E-state index in [9.17, 15) is 0 Å². The van der Waals surface area contributed by atoms with Gasteiger partial charge in [0.2, 0.25) is 0 Å². The normalized spacial score (nSPS) is 30.7. The summed E-state index contributed by atoms with van der Waals surface area (Å²) in [6.45, 7) is 4.57. The molecule has 0 bridgehead atoms. The van der Waals surface area contributed by atoms with Crippen LogP contribution in [0.25, 0.3) is 0 Å². The molecule has 0 aromatic carbocycles. The predicted molar refractivity (Wildman–Crippen MR) is 34.1 cm³/mol. The van der Waals surface area contributed by atoms with E-state index in [0.717, 1.165) is 19.8 Å². The number of rotatable bonds is 1. The van der Waals surface area contributed by atoms with Crippen LogP contribution < -0.4 is 0 Å². The molecule has 0 radical (unpaired) electrons. The quantitative estimate of drug-likeness (QED) is 0.528. The monoisotopic (exact) mass is 131 g/mol. The Morgan fingerprint density at radius 1 is 1.78 bits per heavy atom. The highest BCUT2D eigenvalue weighted by Crippen LogP contribution is 2.03. The Balaban J connectivity index is 2.30. The topological polar surface area (TPSA) is 32.7 Å². The molecule has 3 heteroatoms. The molecule has 1 unspecified atom stereocenters. The molecule has 0 amide bonds. The molecule has 1 aliphatic rings. The Labute approximate surface area is 55.2 Å². The molecule has 1 saturated heterocycles. The number of morpholine rings is 1. The maximum atomic E-state index is 8.73. The zero-order chi connectivity index (χ0) is 6.69. The summed E-state index contributed by atoms with van der Waals surface area (Å²) in [4.78, 5) is 1.99. The molecular weight excluding hydrogens is 118 g/mol. The van der Waals surface area contributed by atoms with Gasteiger partial charge < -0.3 is 9.84 Å². The van der Waals surface area contributed by atoms with Crippen LogP contribution in [-0.2, 0) is 4.74 Å². The second-order valence-electron chi connectivity index (χ2n) is 2.38. The predicted octanol–water partition coefficient (Wildman–Crippen LogP) is -0.343. The van der Waals surface area contributed by atoms with Gasteiger partial charge in [-0.3, -0.25) is 4.90 Å². The first kappa shape index (κ1) is 6.99. The van der Waals surface area contributed by atoms with Crippen LogP contribution in [0.15, 0.2) is 0 Å². The zero-order valence-corrected chi connectivity index (χ0v) is 5.71. The third-order valence-corrected chi connectivity index (χ3v) is 1.69. The van der Waals surface area contributed by atoms with E-state index in [2.05, 4.69) is 6.92 Å². The smallest absolute Gasteiger partial charge is 0.0960 e. The van der Waals surface area contributed by atoms with Gasteiger partial charge in [0, 0.05) is 12.6 Å². The molecule has 9 heavy (non-hydrogen) atoms. The van der Waals surface area contributed by atoms with Crippen molar-refractivity contribution in [1.82, 2.24) is 4.90 Å². The maximum Gasteiger partial charge on any atom is 0.0960 e. The van der Waals surface area contributed by atoms with Gasteiger partial charge >= 0.3 is 0 Å². The first-order valence-electron chi connectivity index (χ1n) is 3.27. The van der Waals surface area contributed by atoms with Gasteiger partial charge in [0.25, 0.3) is 0 Å². The minimum absolute atomic E-state index is 0.157. The van der Waals surface area contributed by atoms with Crippen molar-refractivity contribution in [3.63, 3.8) is 0 Å². The fourth-order valence-electron chi connectivity index (χ4n) is 0.972. The molecule has 1 aliphatic heterocycles. The van der Waals surface area contributed by atoms with E-state index >= 15 is 0 Å². The summed E-state index contributed by atoms with van der Waals surface area (Å²) in [5.41, 5.74) is 0. The molecule has 0 aliphatic carbocycles. The van der Waals surface area contributed by atoms with Crippen LogP contribution >= 0.6 is 0 Å². The van der Waals surface area contributed by atoms with Crippen molar-refractivity contribution < 1.29 is 9.84 Å². The van der Waals surface area contributed by atoms with E-state index < -0.39 is 0 Å². The van der Waals surface area contributed by atoms with Crippen LogP contribution in [0.2, 0.25) is 0 Å². The molecule has 1 atom stereocenters. The van der Waals surface area contributed by atoms with Gasteiger partial charge in [0.1, 0.15) is 0 Å². The number of nitrogens with zero attached hydrogens (tertiary/aromatic N) is 1. The third-order valence-electron chi connectivity index (χ3n) is 1.69. The summed E-state index contributed by atoms with van der Waals surface area (Å²) < 4.78 is 5.16. The molecule has 3 nitrogen and oxygen atoms in total. The van der Waals surface area contributed by atoms with Crippen molar-refractivity contribution in [3.05, 3.63) is 0 Å². The van der Waals surface area contributed by atoms with Gasteiger partial charge in [-0.25, -0.2) is 0 Å². The van der Waals surface area contributed by atoms with Gasteiger partial charge in [-0.05, 0) is 6.92 Å². The highest BCUT2D eigenvalue weighted by Gasteiger charge is 2.16. The molecule has 1 rings (SSSR count). The molecule has 54 valence electrons. The van der Waals surface area contributed by atoms with E-state index in [1.165, 1.54) is 0 Å². The molecular formula is C6H13NO2. The Bertz CT molecular complexity index is 87.1. The van der Waals surface area contributed by atoms with Gasteiger partial charge in [0.15, 0.2) is 0 Å². The third kappa shape index (κ3) is 1.64. The number of hydrogen-bond donors (Lipinski definition) is 1. The second-order valence-corrected chi connectivity index (χ2v) is 2.38. The van der Waals surface area contributed by atoms with Crippen molar-refractivity contribution in [2.75, 3.05) is 26.5 Å². The molecule has 0 aromatic heterocycles. The minimum atomic E-state index is 0.157. The van der Waals surface area contributed by atoms with Crippen LogP contribution in [0, 0.1) is 0 Å². The van der Waals surface area contributed by atoms with Crippen molar-refractivity contribution in [1.29, 1.82) is 0 Å². The largest absolute Gasteiger partial charge is 0.381 e. The van der Waals surface area contributed by atoms with Gasteiger partial charge in [-0.15, -0.1) is 0 Å². The lowest BCUT2D eigenvalue weighted by atomic mass is 10.3. The van der Waals surface area contributed by atoms with Crippen LogP contribution in [-0.4, -0.2) is 42.5 Å². The summed E-state index contributed by atoms with van der Waals surface area (Å²) in [5, 5.41) is 8.73. The summed E-state index contributed by atoms with van der Waals surface area (Å²) in [5.74, 6) is 0. The number of ether oxygens (including phenoxy) is 1. The average molecular weight is 131 g/mol. The van der Waals surface area contributed by atoms with Crippen LogP contribution in [0.5, 0.6) is 0 Å². The van der Waals surface area contributed by atoms with Crippen molar-refractivity contribution in [2.24, 2.45) is 0 Å². The number of aliphatic hydroxyl groups excluding tert-OH is 1. The van der Waals surface area contributed by atoms with Crippen molar-refractivity contribution in [2.45, 2.75) is 13.0 Å². The van der Waals surface area contributed by atoms with Gasteiger partial charge in [-0.1, -0.05) is 0 Å². The summed E-state index contributed by atoms with van der Waals surface area (Å²) in [6.07, 6.45) is 0. The minimum Gasteiger partial charge on any atom is -0.381 e.